The molecule has 1 aliphatic rings. The molecule has 0 bridgehead atoms. The summed E-state index contributed by atoms with van der Waals surface area (Å²) in [4.78, 5) is 19.1. The van der Waals surface area contributed by atoms with Crippen molar-refractivity contribution in [3.05, 3.63) is 106 Å². The second-order valence-corrected chi connectivity index (χ2v) is 11.1. The van der Waals surface area contributed by atoms with E-state index in [1.54, 1.807) is 6.20 Å². The van der Waals surface area contributed by atoms with Crippen molar-refractivity contribution in [2.75, 3.05) is 10.2 Å². The van der Waals surface area contributed by atoms with E-state index in [1.807, 2.05) is 50.2 Å². The highest BCUT2D eigenvalue weighted by Gasteiger charge is 2.42. The summed E-state index contributed by atoms with van der Waals surface area (Å²) >= 11 is 12.6. The Balaban J connectivity index is 1.61. The highest BCUT2D eigenvalue weighted by molar-refractivity contribution is 7.80. The van der Waals surface area contributed by atoms with E-state index in [9.17, 15) is 4.79 Å². The van der Waals surface area contributed by atoms with Crippen LogP contribution in [0.4, 0.5) is 11.4 Å². The van der Waals surface area contributed by atoms with Crippen molar-refractivity contribution in [3.8, 4) is 5.69 Å². The fraction of sp³-hybridized carbons (Fsp3) is 0.258. The molecule has 0 saturated carbocycles. The molecule has 1 aliphatic heterocycles. The summed E-state index contributed by atoms with van der Waals surface area (Å²) in [7, 11) is 0. The molecule has 39 heavy (non-hydrogen) atoms. The van der Waals surface area contributed by atoms with Crippen LogP contribution in [0.3, 0.4) is 0 Å². The fourth-order valence-electron chi connectivity index (χ4n) is 5.16. The van der Waals surface area contributed by atoms with Gasteiger partial charge in [-0.2, -0.15) is 0 Å². The number of carbonyl (C=O) groups is 1. The van der Waals surface area contributed by atoms with Crippen LogP contribution in [0.1, 0.15) is 54.1 Å². The lowest BCUT2D eigenvalue weighted by molar-refractivity contribution is -0.118. The highest BCUT2D eigenvalue weighted by Crippen LogP contribution is 2.44. The molecule has 1 fully saturated rings. The standard InChI is InChI=1S/C31H32ClN5OS/c1-18(2)30(38)34-26-14-13-23(17-25(26)32)37-29(28(35-31(37)39)27-8-6-7-15-33-27)24-16-20(4)36(21(24)5)22-11-9-19(3)10-12-22/h6-18,28-29H,1-5H3,(H,34,38)(H,35,39)/t28-,29-/m0/s1. The molecule has 5 rings (SSSR count). The largest absolute Gasteiger partial charge is 0.351 e. The molecule has 1 amide bonds. The van der Waals surface area contributed by atoms with E-state index >= 15 is 0 Å². The number of aryl methyl sites for hydroxylation is 2. The van der Waals surface area contributed by atoms with Gasteiger partial charge in [0, 0.05) is 34.9 Å². The van der Waals surface area contributed by atoms with Gasteiger partial charge in [0.2, 0.25) is 5.91 Å². The second-order valence-electron chi connectivity index (χ2n) is 10.3. The van der Waals surface area contributed by atoms with Gasteiger partial charge in [0.1, 0.15) is 0 Å². The molecule has 0 unspecified atom stereocenters. The maximum absolute atomic E-state index is 12.3. The Kier molecular flexibility index (Phi) is 7.47. The zero-order valence-corrected chi connectivity index (χ0v) is 24.3. The summed E-state index contributed by atoms with van der Waals surface area (Å²) in [6, 6.07) is 22.0. The molecule has 2 atom stereocenters. The Morgan fingerprint density at radius 1 is 1.03 bits per heavy atom. The number of hydrogen-bond donors (Lipinski definition) is 2. The lowest BCUT2D eigenvalue weighted by Gasteiger charge is -2.28. The third-order valence-electron chi connectivity index (χ3n) is 7.19. The van der Waals surface area contributed by atoms with Crippen LogP contribution in [0.25, 0.3) is 5.69 Å². The Morgan fingerprint density at radius 3 is 2.38 bits per heavy atom. The monoisotopic (exact) mass is 557 g/mol. The number of anilines is 2. The van der Waals surface area contributed by atoms with Crippen LogP contribution in [0.5, 0.6) is 0 Å². The zero-order chi connectivity index (χ0) is 27.8. The van der Waals surface area contributed by atoms with Crippen LogP contribution in [-0.4, -0.2) is 20.6 Å². The van der Waals surface area contributed by atoms with Crippen LogP contribution in [0.15, 0.2) is 72.9 Å². The summed E-state index contributed by atoms with van der Waals surface area (Å²) < 4.78 is 2.28. The number of pyridine rings is 1. The van der Waals surface area contributed by atoms with Gasteiger partial charge in [-0.3, -0.25) is 9.78 Å². The van der Waals surface area contributed by atoms with E-state index in [0.29, 0.717) is 15.8 Å². The van der Waals surface area contributed by atoms with E-state index < -0.39 is 0 Å². The first-order valence-corrected chi connectivity index (χ1v) is 13.8. The first-order valence-electron chi connectivity index (χ1n) is 13.0. The lowest BCUT2D eigenvalue weighted by atomic mass is 9.96. The average molecular weight is 558 g/mol. The number of aromatic nitrogens is 2. The molecule has 1 saturated heterocycles. The fourth-order valence-corrected chi connectivity index (χ4v) is 5.73. The molecule has 0 aliphatic carbocycles. The van der Waals surface area contributed by atoms with Gasteiger partial charge in [-0.15, -0.1) is 0 Å². The smallest absolute Gasteiger partial charge is 0.226 e. The van der Waals surface area contributed by atoms with Gasteiger partial charge in [0.05, 0.1) is 28.5 Å². The zero-order valence-electron chi connectivity index (χ0n) is 22.7. The van der Waals surface area contributed by atoms with Crippen molar-refractivity contribution in [3.63, 3.8) is 0 Å². The van der Waals surface area contributed by atoms with Gasteiger partial charge in [-0.25, -0.2) is 0 Å². The first-order chi connectivity index (χ1) is 18.7. The van der Waals surface area contributed by atoms with Gasteiger partial charge < -0.3 is 20.1 Å². The predicted octanol–water partition coefficient (Wildman–Crippen LogP) is 7.22. The molecule has 4 aromatic rings. The third kappa shape index (κ3) is 5.16. The summed E-state index contributed by atoms with van der Waals surface area (Å²) in [5, 5.41) is 7.47. The number of nitrogens with one attached hydrogen (secondary N) is 2. The molecule has 2 N–H and O–H groups in total. The van der Waals surface area contributed by atoms with Gasteiger partial charge in [-0.1, -0.05) is 49.2 Å². The maximum atomic E-state index is 12.3. The van der Waals surface area contributed by atoms with Gasteiger partial charge in [0.25, 0.3) is 0 Å². The van der Waals surface area contributed by atoms with Crippen LogP contribution in [-0.2, 0) is 4.79 Å². The first kappa shape index (κ1) is 26.9. The third-order valence-corrected chi connectivity index (χ3v) is 7.82. The molecule has 8 heteroatoms. The van der Waals surface area contributed by atoms with E-state index in [1.165, 1.54) is 5.56 Å². The van der Waals surface area contributed by atoms with Crippen molar-refractivity contribution in [2.45, 2.75) is 46.7 Å². The predicted molar refractivity (Wildman–Crippen MR) is 163 cm³/mol. The number of benzene rings is 2. The molecule has 3 heterocycles. The van der Waals surface area contributed by atoms with Crippen LogP contribution >= 0.6 is 23.8 Å². The normalized spacial score (nSPS) is 17.0. The number of amides is 1. The minimum absolute atomic E-state index is 0.0837. The summed E-state index contributed by atoms with van der Waals surface area (Å²) in [5.74, 6) is -0.233. The number of halogens is 1. The second kappa shape index (κ2) is 10.8. The summed E-state index contributed by atoms with van der Waals surface area (Å²) in [5.41, 5.74) is 8.06. The average Bonchev–Trinajstić information content (AvgIpc) is 3.41. The van der Waals surface area contributed by atoms with Crippen molar-refractivity contribution >= 4 is 46.2 Å². The number of nitrogens with zero attached hydrogens (tertiary/aromatic N) is 3. The van der Waals surface area contributed by atoms with E-state index in [2.05, 4.69) is 76.2 Å². The molecule has 2 aromatic carbocycles. The summed E-state index contributed by atoms with van der Waals surface area (Å²) in [6.45, 7) is 10.1. The molecule has 2 aromatic heterocycles. The Hall–Kier alpha value is -3.68. The van der Waals surface area contributed by atoms with Crippen molar-refractivity contribution in [1.29, 1.82) is 0 Å². The SMILES string of the molecule is Cc1ccc(-n2c(C)cc([C@H]3[C@H](c4ccccn4)NC(=S)N3c3ccc(NC(=O)C(C)C)c(Cl)c3)c2C)cc1. The summed E-state index contributed by atoms with van der Waals surface area (Å²) in [6.07, 6.45) is 1.80. The van der Waals surface area contributed by atoms with Crippen LogP contribution < -0.4 is 15.5 Å². The number of thiocarbonyl (C=S) groups is 1. The van der Waals surface area contributed by atoms with E-state index in [4.69, 9.17) is 23.8 Å². The maximum Gasteiger partial charge on any atom is 0.226 e. The molecule has 200 valence electrons. The van der Waals surface area contributed by atoms with Gasteiger partial charge in [0.15, 0.2) is 5.11 Å². The molecule has 0 spiro atoms. The molecule has 6 nitrogen and oxygen atoms in total. The molecular formula is C31H32ClN5OS. The Bertz CT molecular complexity index is 1530. The van der Waals surface area contributed by atoms with Crippen molar-refractivity contribution in [1.82, 2.24) is 14.9 Å². The van der Waals surface area contributed by atoms with Crippen LogP contribution in [0, 0.1) is 26.7 Å². The minimum Gasteiger partial charge on any atom is -0.351 e. The van der Waals surface area contributed by atoms with Gasteiger partial charge in [-0.05, 0) is 87.1 Å². The van der Waals surface area contributed by atoms with Crippen molar-refractivity contribution < 1.29 is 4.79 Å². The van der Waals surface area contributed by atoms with Gasteiger partial charge >= 0.3 is 0 Å². The minimum atomic E-state index is -0.176. The van der Waals surface area contributed by atoms with E-state index in [0.717, 1.165) is 34.0 Å². The highest BCUT2D eigenvalue weighted by atomic mass is 35.5. The quantitative estimate of drug-likeness (QED) is 0.245. The molecular weight excluding hydrogens is 526 g/mol. The van der Waals surface area contributed by atoms with Crippen molar-refractivity contribution in [2.24, 2.45) is 5.92 Å². The van der Waals surface area contributed by atoms with E-state index in [-0.39, 0.29) is 23.9 Å². The molecule has 0 radical (unpaired) electrons. The Labute approximate surface area is 240 Å². The van der Waals surface area contributed by atoms with Crippen LogP contribution in [0.2, 0.25) is 5.02 Å². The number of rotatable bonds is 6. The number of carbonyl (C=O) groups excluding carboxylic acids is 1. The number of hydrogen-bond acceptors (Lipinski definition) is 3. The Morgan fingerprint density at radius 2 is 1.74 bits per heavy atom. The topological polar surface area (TPSA) is 62.2 Å². The lowest BCUT2D eigenvalue weighted by Crippen LogP contribution is -2.29.